The quantitative estimate of drug-likeness (QED) is 0.142. The highest BCUT2D eigenvalue weighted by Crippen LogP contribution is 2.68. The van der Waals surface area contributed by atoms with E-state index in [2.05, 4.69) is 327 Å². The minimum Gasteiger partial charge on any atom is -0.453 e. The molecule has 4 nitrogen and oxygen atoms in total. The van der Waals surface area contributed by atoms with Crippen molar-refractivity contribution in [1.29, 1.82) is 0 Å². The fourth-order valence-electron chi connectivity index (χ4n) is 16.2. The zero-order valence-electron chi connectivity index (χ0n) is 50.1. The van der Waals surface area contributed by atoms with Gasteiger partial charge in [-0.2, -0.15) is 0 Å². The average molecular weight is 1160 g/mol. The zero-order valence-corrected chi connectivity index (χ0v) is 50.1. The third-order valence-electron chi connectivity index (χ3n) is 19.9. The number of aryl methyl sites for hydroxylation is 2. The van der Waals surface area contributed by atoms with E-state index >= 15 is 0 Å². The smallest absolute Gasteiger partial charge is 0.159 e. The fraction of sp³-hybridized carbons (Fsp3) is 0.0345. The standard InChI is InChI=1S/C87H56N2O2/c1-53-25-9-11-31-58(53)67-39-21-41-69-71-43-23-47-77(85(71)90-83(67)69)88(55-27-5-3-6-28-55)57-49-50-66-73(51-57)60-33-13-15-37-64(60)80-74-52-79(63-36-14-16-38-65(63)81(74)87(82(66)80)75-45-19-17-34-61(75)62-35-18-20-46-76(62)87)89(56-29-7-4-8-30-56)78-48-24-44-72-70-42-22-40-68(84(70)91-86(72)78)59-32-12-10-26-54(59)2/h3-52H,1-2H3. The number of benzene rings is 15. The molecule has 2 heterocycles. The van der Waals surface area contributed by atoms with Crippen LogP contribution in [-0.4, -0.2) is 0 Å². The number of furan rings is 2. The van der Waals surface area contributed by atoms with Gasteiger partial charge in [-0.1, -0.05) is 249 Å². The first-order valence-corrected chi connectivity index (χ1v) is 31.5. The number of anilines is 6. The molecule has 0 amide bonds. The maximum Gasteiger partial charge on any atom is 0.159 e. The van der Waals surface area contributed by atoms with Crippen molar-refractivity contribution in [1.82, 2.24) is 0 Å². The van der Waals surface area contributed by atoms with Crippen LogP contribution >= 0.6 is 0 Å². The van der Waals surface area contributed by atoms with Crippen LogP contribution in [0.15, 0.2) is 312 Å². The van der Waals surface area contributed by atoms with Crippen LogP contribution in [0.3, 0.4) is 0 Å². The second-order valence-electron chi connectivity index (χ2n) is 24.6. The highest BCUT2D eigenvalue weighted by molar-refractivity contribution is 6.24. The lowest BCUT2D eigenvalue weighted by molar-refractivity contribution is 0.670. The van der Waals surface area contributed by atoms with Gasteiger partial charge >= 0.3 is 0 Å². The van der Waals surface area contributed by atoms with E-state index in [1.54, 1.807) is 0 Å². The van der Waals surface area contributed by atoms with Crippen molar-refractivity contribution in [2.24, 2.45) is 0 Å². The van der Waals surface area contributed by atoms with Gasteiger partial charge in [-0.3, -0.25) is 0 Å². The Morgan fingerprint density at radius 3 is 1.23 bits per heavy atom. The summed E-state index contributed by atoms with van der Waals surface area (Å²) in [6.07, 6.45) is 0. The molecule has 4 heteroatoms. The normalized spacial score (nSPS) is 12.8. The molecule has 19 rings (SSSR count). The largest absolute Gasteiger partial charge is 0.453 e. The van der Waals surface area contributed by atoms with E-state index in [9.17, 15) is 0 Å². The summed E-state index contributed by atoms with van der Waals surface area (Å²) in [5, 5.41) is 11.4. The number of para-hydroxylation sites is 6. The maximum atomic E-state index is 7.36. The van der Waals surface area contributed by atoms with Gasteiger partial charge in [-0.05, 0) is 162 Å². The summed E-state index contributed by atoms with van der Waals surface area (Å²) in [6.45, 7) is 4.36. The monoisotopic (exact) mass is 1160 g/mol. The van der Waals surface area contributed by atoms with E-state index < -0.39 is 5.41 Å². The second-order valence-corrected chi connectivity index (χ2v) is 24.6. The topological polar surface area (TPSA) is 32.8 Å². The van der Waals surface area contributed by atoms with Crippen molar-refractivity contribution in [3.8, 4) is 44.5 Å². The molecule has 0 aliphatic heterocycles. The van der Waals surface area contributed by atoms with Gasteiger partial charge in [0.2, 0.25) is 0 Å². The van der Waals surface area contributed by atoms with Gasteiger partial charge in [-0.25, -0.2) is 0 Å². The second kappa shape index (κ2) is 19.6. The summed E-state index contributed by atoms with van der Waals surface area (Å²) in [4.78, 5) is 4.86. The van der Waals surface area contributed by atoms with Crippen molar-refractivity contribution < 1.29 is 8.83 Å². The van der Waals surface area contributed by atoms with E-state index in [0.29, 0.717) is 0 Å². The summed E-state index contributed by atoms with van der Waals surface area (Å²) in [5.41, 5.74) is 25.9. The minimum absolute atomic E-state index is 0.726. The summed E-state index contributed by atoms with van der Waals surface area (Å²) in [7, 11) is 0. The number of rotatable bonds is 8. The molecule has 0 saturated carbocycles. The average Bonchev–Trinajstić information content (AvgIpc) is 1.49. The molecule has 2 aromatic heterocycles. The molecule has 15 aromatic carbocycles. The van der Waals surface area contributed by atoms with E-state index in [1.807, 2.05) is 0 Å². The van der Waals surface area contributed by atoms with Crippen LogP contribution in [0.25, 0.3) is 121 Å². The van der Waals surface area contributed by atoms with Gasteiger partial charge in [0.25, 0.3) is 0 Å². The number of nitrogens with zero attached hydrogens (tertiary/aromatic N) is 2. The van der Waals surface area contributed by atoms with Gasteiger partial charge in [0.1, 0.15) is 11.2 Å². The Kier molecular flexibility index (Phi) is 11.1. The van der Waals surface area contributed by atoms with Crippen molar-refractivity contribution in [3.05, 3.63) is 337 Å². The molecule has 91 heavy (non-hydrogen) atoms. The van der Waals surface area contributed by atoms with E-state index in [1.165, 1.54) is 93.7 Å². The van der Waals surface area contributed by atoms with Crippen molar-refractivity contribution in [2.75, 3.05) is 9.80 Å². The fourth-order valence-corrected chi connectivity index (χ4v) is 16.2. The van der Waals surface area contributed by atoms with Gasteiger partial charge < -0.3 is 18.6 Å². The van der Waals surface area contributed by atoms with Crippen molar-refractivity contribution in [3.63, 3.8) is 0 Å². The van der Waals surface area contributed by atoms with Crippen molar-refractivity contribution in [2.45, 2.75) is 19.3 Å². The zero-order chi connectivity index (χ0) is 60.1. The van der Waals surface area contributed by atoms with Gasteiger partial charge in [-0.15, -0.1) is 0 Å². The summed E-state index contributed by atoms with van der Waals surface area (Å²) < 4.78 is 14.6. The lowest BCUT2D eigenvalue weighted by atomic mass is 9.68. The first kappa shape index (κ1) is 51.3. The highest BCUT2D eigenvalue weighted by atomic mass is 16.3. The van der Waals surface area contributed by atoms with Crippen molar-refractivity contribution >= 4 is 110 Å². The summed E-state index contributed by atoms with van der Waals surface area (Å²) in [6, 6.07) is 112. The summed E-state index contributed by atoms with van der Waals surface area (Å²) >= 11 is 0. The van der Waals surface area contributed by atoms with E-state index in [0.717, 1.165) is 94.5 Å². The molecule has 426 valence electrons. The molecule has 2 aliphatic carbocycles. The predicted molar refractivity (Wildman–Crippen MR) is 380 cm³/mol. The molecule has 0 saturated heterocycles. The maximum absolute atomic E-state index is 7.36. The Bertz CT molecular complexity index is 5850. The number of hydrogen-bond donors (Lipinski definition) is 0. The highest BCUT2D eigenvalue weighted by Gasteiger charge is 2.54. The predicted octanol–water partition coefficient (Wildman–Crippen LogP) is 24.2. The lowest BCUT2D eigenvalue weighted by Crippen LogP contribution is -2.26. The summed E-state index contributed by atoms with van der Waals surface area (Å²) in [5.74, 6) is 0. The van der Waals surface area contributed by atoms with Crippen LogP contribution in [0.1, 0.15) is 33.4 Å². The van der Waals surface area contributed by atoms with E-state index in [4.69, 9.17) is 8.83 Å². The van der Waals surface area contributed by atoms with Crippen LogP contribution in [0.4, 0.5) is 34.1 Å². The third-order valence-corrected chi connectivity index (χ3v) is 19.9. The van der Waals surface area contributed by atoms with Crippen LogP contribution in [0.2, 0.25) is 0 Å². The Morgan fingerprint density at radius 2 is 0.659 bits per heavy atom. The molecule has 0 radical (unpaired) electrons. The Labute approximate surface area is 526 Å². The molecule has 0 atom stereocenters. The molecule has 17 aromatic rings. The van der Waals surface area contributed by atoms with Crippen LogP contribution in [-0.2, 0) is 5.41 Å². The molecule has 0 unspecified atom stereocenters. The van der Waals surface area contributed by atoms with Crippen LogP contribution in [0, 0.1) is 13.8 Å². The van der Waals surface area contributed by atoms with E-state index in [-0.39, 0.29) is 0 Å². The SMILES string of the molecule is Cc1ccccc1-c1cccc2c1oc1c(N(c3ccccc3)c3ccc4c5c(c6ccccc6c4c3)-c3cc(N(c4ccccc4)c4cccc6c4oc4c(-c7ccccc7C)cccc46)c4ccccc4c3C53c4ccccc4-c4ccccc43)cccc12. The van der Waals surface area contributed by atoms with Gasteiger partial charge in [0.05, 0.1) is 22.5 Å². The lowest BCUT2D eigenvalue weighted by Gasteiger charge is -2.34. The molecular weight excluding hydrogens is 1100 g/mol. The molecule has 1 spiro atoms. The van der Waals surface area contributed by atoms with Crippen LogP contribution in [0.5, 0.6) is 0 Å². The molecule has 2 aliphatic rings. The minimum atomic E-state index is -0.726. The third kappa shape index (κ3) is 7.21. The molecule has 0 N–H and O–H groups in total. The number of hydrogen-bond acceptors (Lipinski definition) is 4. The molecule has 0 bridgehead atoms. The van der Waals surface area contributed by atoms with Crippen LogP contribution < -0.4 is 9.80 Å². The Hall–Kier alpha value is -11.7. The molecule has 0 fully saturated rings. The first-order chi connectivity index (χ1) is 45.0. The Balaban J connectivity index is 0.902. The van der Waals surface area contributed by atoms with Gasteiger partial charge in [0.15, 0.2) is 11.2 Å². The molecular formula is C87H56N2O2. The number of fused-ring (bicyclic) bond motifs is 23. The van der Waals surface area contributed by atoms with Gasteiger partial charge in [0, 0.05) is 55.1 Å². The Morgan fingerprint density at radius 1 is 0.242 bits per heavy atom. The first-order valence-electron chi connectivity index (χ1n) is 31.5.